The number of nitrogens with one attached hydrogen (secondary N) is 1. The molecular formula is C22H18Cl2F2N4O2. The van der Waals surface area contributed by atoms with E-state index in [1.165, 1.54) is 47.1 Å². The summed E-state index contributed by atoms with van der Waals surface area (Å²) in [5.74, 6) is -1.68. The summed E-state index contributed by atoms with van der Waals surface area (Å²) in [4.78, 5) is 30.2. The summed E-state index contributed by atoms with van der Waals surface area (Å²) in [7, 11) is 1.51. The number of anilines is 1. The molecule has 1 N–H and O–H groups in total. The Balaban J connectivity index is 1.89. The van der Waals surface area contributed by atoms with Gasteiger partial charge in [-0.05, 0) is 36.8 Å². The number of aromatic nitrogens is 2. The van der Waals surface area contributed by atoms with Gasteiger partial charge in [-0.15, -0.1) is 0 Å². The number of hydrogen-bond donors (Lipinski definition) is 1. The van der Waals surface area contributed by atoms with Gasteiger partial charge in [-0.1, -0.05) is 29.8 Å². The van der Waals surface area contributed by atoms with Gasteiger partial charge in [0.1, 0.15) is 11.3 Å². The fraction of sp³-hybridized carbons (Fsp3) is 0.227. The van der Waals surface area contributed by atoms with Gasteiger partial charge in [0.05, 0.1) is 27.3 Å². The van der Waals surface area contributed by atoms with Gasteiger partial charge >= 0.3 is 0 Å². The fourth-order valence-corrected chi connectivity index (χ4v) is 4.58. The van der Waals surface area contributed by atoms with Gasteiger partial charge in [0.25, 0.3) is 5.56 Å². The average Bonchev–Trinajstić information content (AvgIpc) is 3.18. The third-order valence-electron chi connectivity index (χ3n) is 5.64. The van der Waals surface area contributed by atoms with Crippen LogP contribution in [0.3, 0.4) is 0 Å². The van der Waals surface area contributed by atoms with Crippen molar-refractivity contribution in [3.05, 3.63) is 80.8 Å². The number of hydrogen-bond acceptors (Lipinski definition) is 4. The number of carbonyl (C=O) groups is 1. The zero-order valence-corrected chi connectivity index (χ0v) is 18.5. The summed E-state index contributed by atoms with van der Waals surface area (Å²) in [6, 6.07) is 5.14. The Bertz CT molecular complexity index is 1330. The number of aryl methyl sites for hydroxylation is 1. The van der Waals surface area contributed by atoms with E-state index in [0.717, 1.165) is 6.08 Å². The van der Waals surface area contributed by atoms with Crippen LogP contribution in [0, 0.1) is 11.6 Å². The normalized spacial score (nSPS) is 18.2. The van der Waals surface area contributed by atoms with Crippen LogP contribution in [0.2, 0.25) is 10.0 Å². The monoisotopic (exact) mass is 478 g/mol. The highest BCUT2D eigenvalue weighted by Gasteiger charge is 2.44. The molecule has 1 unspecified atom stereocenters. The second-order valence-corrected chi connectivity index (χ2v) is 8.44. The average molecular weight is 479 g/mol. The maximum Gasteiger partial charge on any atom is 0.261 e. The molecule has 1 atom stereocenters. The third kappa shape index (κ3) is 3.63. The molecule has 1 saturated heterocycles. The smallest absolute Gasteiger partial charge is 0.261 e. The molecule has 4 rings (SSSR count). The Kier molecular flexibility index (Phi) is 5.68. The van der Waals surface area contributed by atoms with Crippen LogP contribution in [0.4, 0.5) is 14.5 Å². The van der Waals surface area contributed by atoms with E-state index in [9.17, 15) is 14.0 Å². The summed E-state index contributed by atoms with van der Waals surface area (Å²) in [5.41, 5.74) is -1.46. The Labute approximate surface area is 192 Å². The molecule has 10 heteroatoms. The van der Waals surface area contributed by atoms with Crippen LogP contribution in [0.1, 0.15) is 12.0 Å². The van der Waals surface area contributed by atoms with E-state index in [2.05, 4.69) is 16.9 Å². The minimum Gasteiger partial charge on any atom is -0.373 e. The minimum absolute atomic E-state index is 0.00842. The molecule has 0 bridgehead atoms. The quantitative estimate of drug-likeness (QED) is 0.449. The van der Waals surface area contributed by atoms with Crippen LogP contribution in [-0.2, 0) is 17.4 Å². The van der Waals surface area contributed by atoms with E-state index in [-0.39, 0.29) is 57.6 Å². The van der Waals surface area contributed by atoms with Gasteiger partial charge in [-0.25, -0.2) is 13.8 Å². The molecule has 0 saturated carbocycles. The molecule has 1 aromatic heterocycles. The predicted molar refractivity (Wildman–Crippen MR) is 120 cm³/mol. The molecular weight excluding hydrogens is 461 g/mol. The first kappa shape index (κ1) is 22.2. The van der Waals surface area contributed by atoms with Gasteiger partial charge in [0.2, 0.25) is 5.91 Å². The number of carbonyl (C=O) groups excluding carboxylic acids is 1. The standard InChI is InChI=1S/C22H18Cl2F2N4O2/c1-3-17(31)30-7-6-22(10-30,18-15(25)5-4-14(23)19(18)24)28-12-8-13-20(16(26)9-12)27-11-29(2)21(13)32/h3-5,8-9,11,28H,1,6-7,10H2,2H3. The second-order valence-electron chi connectivity index (χ2n) is 7.65. The van der Waals surface area contributed by atoms with Crippen LogP contribution in [-0.4, -0.2) is 33.4 Å². The zero-order valence-electron chi connectivity index (χ0n) is 17.0. The lowest BCUT2D eigenvalue weighted by Crippen LogP contribution is -2.41. The molecule has 3 aromatic rings. The van der Waals surface area contributed by atoms with Gasteiger partial charge in [0, 0.05) is 31.4 Å². The molecule has 0 spiro atoms. The minimum atomic E-state index is -1.22. The van der Waals surface area contributed by atoms with Crippen molar-refractivity contribution in [2.75, 3.05) is 18.4 Å². The van der Waals surface area contributed by atoms with Crippen LogP contribution in [0.25, 0.3) is 10.9 Å². The number of amides is 1. The molecule has 2 heterocycles. The van der Waals surface area contributed by atoms with E-state index >= 15 is 4.39 Å². The molecule has 0 radical (unpaired) electrons. The van der Waals surface area contributed by atoms with Crippen molar-refractivity contribution in [2.45, 2.75) is 12.0 Å². The van der Waals surface area contributed by atoms with Crippen molar-refractivity contribution < 1.29 is 13.6 Å². The molecule has 2 aromatic carbocycles. The summed E-state index contributed by atoms with van der Waals surface area (Å²) >= 11 is 12.6. The lowest BCUT2D eigenvalue weighted by molar-refractivity contribution is -0.125. The highest BCUT2D eigenvalue weighted by atomic mass is 35.5. The molecule has 166 valence electrons. The molecule has 1 amide bonds. The van der Waals surface area contributed by atoms with Crippen LogP contribution in [0.15, 0.2) is 48.0 Å². The maximum atomic E-state index is 15.0. The van der Waals surface area contributed by atoms with Gasteiger partial charge in [-0.3, -0.25) is 9.59 Å². The molecule has 1 fully saturated rings. The third-order valence-corrected chi connectivity index (χ3v) is 6.44. The number of benzene rings is 2. The zero-order chi connectivity index (χ0) is 23.2. The Hall–Kier alpha value is -2.97. The first-order valence-corrected chi connectivity index (χ1v) is 10.4. The number of rotatable bonds is 4. The lowest BCUT2D eigenvalue weighted by atomic mass is 9.87. The fourth-order valence-electron chi connectivity index (χ4n) is 4.09. The van der Waals surface area contributed by atoms with Gasteiger partial charge < -0.3 is 14.8 Å². The van der Waals surface area contributed by atoms with Crippen molar-refractivity contribution in [3.63, 3.8) is 0 Å². The van der Waals surface area contributed by atoms with E-state index in [1.807, 2.05) is 0 Å². The number of nitrogens with zero attached hydrogens (tertiary/aromatic N) is 3. The highest BCUT2D eigenvalue weighted by Crippen LogP contribution is 2.43. The van der Waals surface area contributed by atoms with Crippen molar-refractivity contribution in [1.29, 1.82) is 0 Å². The summed E-state index contributed by atoms with van der Waals surface area (Å²) < 4.78 is 31.1. The van der Waals surface area contributed by atoms with Crippen molar-refractivity contribution in [3.8, 4) is 0 Å². The molecule has 32 heavy (non-hydrogen) atoms. The summed E-state index contributed by atoms with van der Waals surface area (Å²) in [5, 5.41) is 3.33. The first-order valence-electron chi connectivity index (χ1n) is 9.65. The molecule has 1 aliphatic heterocycles. The van der Waals surface area contributed by atoms with E-state index < -0.39 is 22.7 Å². The predicted octanol–water partition coefficient (Wildman–Crippen LogP) is 4.24. The van der Waals surface area contributed by atoms with E-state index in [0.29, 0.717) is 0 Å². The summed E-state index contributed by atoms with van der Waals surface area (Å²) in [6.07, 6.45) is 2.66. The SMILES string of the molecule is C=CC(=O)N1CCC(Nc2cc(F)c3ncn(C)c(=O)c3c2)(c2c(F)ccc(Cl)c2Cl)C1. The van der Waals surface area contributed by atoms with Crippen molar-refractivity contribution in [1.82, 2.24) is 14.5 Å². The molecule has 1 aliphatic rings. The topological polar surface area (TPSA) is 67.2 Å². The second kappa shape index (κ2) is 8.18. The first-order chi connectivity index (χ1) is 15.2. The Morgan fingerprint density at radius 2 is 2.03 bits per heavy atom. The molecule has 6 nitrogen and oxygen atoms in total. The lowest BCUT2D eigenvalue weighted by Gasteiger charge is -2.33. The largest absolute Gasteiger partial charge is 0.373 e. The number of fused-ring (bicyclic) bond motifs is 1. The number of halogens is 4. The van der Waals surface area contributed by atoms with Gasteiger partial charge in [-0.2, -0.15) is 0 Å². The van der Waals surface area contributed by atoms with Crippen LogP contribution >= 0.6 is 23.2 Å². The Morgan fingerprint density at radius 3 is 2.75 bits per heavy atom. The van der Waals surface area contributed by atoms with Crippen LogP contribution < -0.4 is 10.9 Å². The molecule has 0 aliphatic carbocycles. The maximum absolute atomic E-state index is 15.0. The number of likely N-dealkylation sites (tertiary alicyclic amines) is 1. The highest BCUT2D eigenvalue weighted by molar-refractivity contribution is 6.42. The van der Waals surface area contributed by atoms with Crippen molar-refractivity contribution in [2.24, 2.45) is 7.05 Å². The van der Waals surface area contributed by atoms with Gasteiger partial charge in [0.15, 0.2) is 5.82 Å². The Morgan fingerprint density at radius 1 is 1.28 bits per heavy atom. The summed E-state index contributed by atoms with van der Waals surface area (Å²) in [6.45, 7) is 3.80. The van der Waals surface area contributed by atoms with Crippen LogP contribution in [0.5, 0.6) is 0 Å². The van der Waals surface area contributed by atoms with E-state index in [1.54, 1.807) is 0 Å². The van der Waals surface area contributed by atoms with E-state index in [4.69, 9.17) is 23.2 Å². The van der Waals surface area contributed by atoms with Crippen molar-refractivity contribution >= 4 is 45.7 Å².